The summed E-state index contributed by atoms with van der Waals surface area (Å²) in [6.07, 6.45) is 1.01. The molecule has 1 aliphatic heterocycles. The molecular weight excluding hydrogens is 200 g/mol. The number of benzene rings is 1. The van der Waals surface area contributed by atoms with Gasteiger partial charge in [0.2, 0.25) is 0 Å². The molecule has 0 N–H and O–H groups in total. The molecule has 1 unspecified atom stereocenters. The van der Waals surface area contributed by atoms with Crippen LogP contribution in [-0.4, -0.2) is 18.9 Å². The van der Waals surface area contributed by atoms with Gasteiger partial charge in [0.1, 0.15) is 5.92 Å². The van der Waals surface area contributed by atoms with Gasteiger partial charge in [0.15, 0.2) is 5.78 Å². The van der Waals surface area contributed by atoms with Gasteiger partial charge >= 0.3 is 0 Å². The van der Waals surface area contributed by atoms with Gasteiger partial charge in [-0.05, 0) is 24.1 Å². The zero-order chi connectivity index (χ0) is 11.5. The number of carbonyl (C=O) groups excluding carboxylic acids is 1. The molecule has 0 amide bonds. The molecule has 0 bridgehead atoms. The maximum atomic E-state index is 11.4. The Labute approximate surface area is 95.3 Å². The van der Waals surface area contributed by atoms with Crippen LogP contribution < -0.4 is 4.90 Å². The average molecular weight is 214 g/mol. The fourth-order valence-electron chi connectivity index (χ4n) is 1.94. The third kappa shape index (κ3) is 1.92. The molecule has 1 aromatic carbocycles. The summed E-state index contributed by atoms with van der Waals surface area (Å²) in [6.45, 7) is 3.00. The Morgan fingerprint density at radius 1 is 1.44 bits per heavy atom. The lowest BCUT2D eigenvalue weighted by Crippen LogP contribution is -2.19. The first-order valence-corrected chi connectivity index (χ1v) is 5.50. The molecule has 1 atom stereocenters. The number of carbonyl (C=O) groups is 1. The minimum Gasteiger partial charge on any atom is -0.362 e. The molecule has 1 aromatic rings. The minimum absolute atomic E-state index is 0.0297. The molecule has 82 valence electrons. The highest BCUT2D eigenvalue weighted by molar-refractivity contribution is 5.91. The van der Waals surface area contributed by atoms with E-state index in [-0.39, 0.29) is 5.78 Å². The maximum absolute atomic E-state index is 11.4. The third-order valence-corrected chi connectivity index (χ3v) is 3.00. The van der Waals surface area contributed by atoms with Crippen molar-refractivity contribution in [3.8, 4) is 6.07 Å². The molecule has 1 aliphatic rings. The monoisotopic (exact) mass is 214 g/mol. The van der Waals surface area contributed by atoms with E-state index in [1.807, 2.05) is 23.1 Å². The van der Waals surface area contributed by atoms with Gasteiger partial charge in [0, 0.05) is 12.2 Å². The van der Waals surface area contributed by atoms with E-state index >= 15 is 0 Å². The summed E-state index contributed by atoms with van der Waals surface area (Å²) in [5.74, 6) is -0.423. The first-order chi connectivity index (χ1) is 7.74. The second kappa shape index (κ2) is 4.36. The van der Waals surface area contributed by atoms with Crippen LogP contribution in [0.4, 0.5) is 5.69 Å². The van der Waals surface area contributed by atoms with Crippen LogP contribution >= 0.6 is 0 Å². The molecule has 1 heterocycles. The predicted molar refractivity (Wildman–Crippen MR) is 62.1 cm³/mol. The number of Topliss-reactive ketones (excluding diaryl/α,β-unsaturated/α-hetero) is 1. The first kappa shape index (κ1) is 10.7. The fourth-order valence-corrected chi connectivity index (χ4v) is 1.94. The third-order valence-electron chi connectivity index (χ3n) is 3.00. The van der Waals surface area contributed by atoms with Gasteiger partial charge in [0.25, 0.3) is 0 Å². The fraction of sp³-hybridized carbons (Fsp3) is 0.385. The van der Waals surface area contributed by atoms with Crippen molar-refractivity contribution in [3.63, 3.8) is 0 Å². The van der Waals surface area contributed by atoms with Crippen molar-refractivity contribution in [2.75, 3.05) is 18.0 Å². The SMILES string of the molecule is CCc1ccc(N2CC(=O)C(C#N)C2)cc1. The molecule has 3 heteroatoms. The highest BCUT2D eigenvalue weighted by Crippen LogP contribution is 2.21. The van der Waals surface area contributed by atoms with Crippen LogP contribution in [-0.2, 0) is 11.2 Å². The number of nitriles is 1. The zero-order valence-electron chi connectivity index (χ0n) is 9.31. The Morgan fingerprint density at radius 3 is 2.62 bits per heavy atom. The molecule has 0 aliphatic carbocycles. The molecular formula is C13H14N2O. The standard InChI is InChI=1S/C13H14N2O/c1-2-10-3-5-12(6-4-10)15-8-11(7-14)13(16)9-15/h3-6,11H,2,8-9H2,1H3. The number of hydrogen-bond donors (Lipinski definition) is 0. The summed E-state index contributed by atoms with van der Waals surface area (Å²) in [4.78, 5) is 13.4. The van der Waals surface area contributed by atoms with E-state index in [4.69, 9.17) is 5.26 Å². The number of rotatable bonds is 2. The smallest absolute Gasteiger partial charge is 0.170 e. The van der Waals surface area contributed by atoms with Gasteiger partial charge in [-0.25, -0.2) is 0 Å². The molecule has 2 rings (SSSR count). The lowest BCUT2D eigenvalue weighted by atomic mass is 10.1. The summed E-state index contributed by atoms with van der Waals surface area (Å²) in [7, 11) is 0. The zero-order valence-corrected chi connectivity index (χ0v) is 9.31. The van der Waals surface area contributed by atoms with Gasteiger partial charge < -0.3 is 4.90 Å². The Balaban J connectivity index is 2.14. The number of hydrogen-bond acceptors (Lipinski definition) is 3. The lowest BCUT2D eigenvalue weighted by molar-refractivity contribution is -0.118. The van der Waals surface area contributed by atoms with E-state index < -0.39 is 5.92 Å². The Morgan fingerprint density at radius 2 is 2.12 bits per heavy atom. The van der Waals surface area contributed by atoms with Gasteiger partial charge in [-0.15, -0.1) is 0 Å². The number of ketones is 1. The molecule has 0 radical (unpaired) electrons. The van der Waals surface area contributed by atoms with Crippen LogP contribution in [0.15, 0.2) is 24.3 Å². The molecule has 0 spiro atoms. The number of nitrogens with zero attached hydrogens (tertiary/aromatic N) is 2. The molecule has 16 heavy (non-hydrogen) atoms. The Hall–Kier alpha value is -1.82. The summed E-state index contributed by atoms with van der Waals surface area (Å²) >= 11 is 0. The topological polar surface area (TPSA) is 44.1 Å². The van der Waals surface area contributed by atoms with Gasteiger partial charge in [0.05, 0.1) is 12.6 Å². The molecule has 3 nitrogen and oxygen atoms in total. The Kier molecular flexibility index (Phi) is 2.91. The quantitative estimate of drug-likeness (QED) is 0.753. The summed E-state index contributed by atoms with van der Waals surface area (Å²) in [5.41, 5.74) is 2.31. The van der Waals surface area contributed by atoms with Gasteiger partial charge in [-0.2, -0.15) is 5.26 Å². The molecule has 1 saturated heterocycles. The highest BCUT2D eigenvalue weighted by Gasteiger charge is 2.30. The largest absolute Gasteiger partial charge is 0.362 e. The van der Waals surface area contributed by atoms with E-state index in [2.05, 4.69) is 19.1 Å². The summed E-state index contributed by atoms with van der Waals surface area (Å²) in [6, 6.07) is 10.2. The van der Waals surface area contributed by atoms with Crippen molar-refractivity contribution in [2.24, 2.45) is 5.92 Å². The average Bonchev–Trinajstić information content (AvgIpc) is 2.71. The van der Waals surface area contributed by atoms with Crippen LogP contribution in [0.2, 0.25) is 0 Å². The molecule has 0 saturated carbocycles. The van der Waals surface area contributed by atoms with Crippen molar-refractivity contribution in [1.29, 1.82) is 5.26 Å². The van der Waals surface area contributed by atoms with E-state index in [9.17, 15) is 4.79 Å². The van der Waals surface area contributed by atoms with Gasteiger partial charge in [-0.3, -0.25) is 4.79 Å². The molecule has 1 fully saturated rings. The Bertz CT molecular complexity index is 430. The van der Waals surface area contributed by atoms with E-state index in [0.717, 1.165) is 12.1 Å². The summed E-state index contributed by atoms with van der Waals surface area (Å²) in [5, 5.41) is 8.79. The van der Waals surface area contributed by atoms with Gasteiger partial charge in [-0.1, -0.05) is 19.1 Å². The maximum Gasteiger partial charge on any atom is 0.170 e. The van der Waals surface area contributed by atoms with Crippen molar-refractivity contribution in [3.05, 3.63) is 29.8 Å². The van der Waals surface area contributed by atoms with Crippen molar-refractivity contribution >= 4 is 11.5 Å². The van der Waals surface area contributed by atoms with Crippen LogP contribution in [0.5, 0.6) is 0 Å². The van der Waals surface area contributed by atoms with E-state index in [1.165, 1.54) is 5.56 Å². The van der Waals surface area contributed by atoms with Crippen LogP contribution in [0, 0.1) is 17.2 Å². The van der Waals surface area contributed by atoms with Crippen LogP contribution in [0.25, 0.3) is 0 Å². The second-order valence-corrected chi connectivity index (χ2v) is 4.05. The lowest BCUT2D eigenvalue weighted by Gasteiger charge is -2.16. The van der Waals surface area contributed by atoms with Crippen molar-refractivity contribution in [2.45, 2.75) is 13.3 Å². The first-order valence-electron chi connectivity index (χ1n) is 5.50. The number of aryl methyl sites for hydroxylation is 1. The van der Waals surface area contributed by atoms with Crippen molar-refractivity contribution < 1.29 is 4.79 Å². The molecule has 0 aromatic heterocycles. The van der Waals surface area contributed by atoms with E-state index in [0.29, 0.717) is 13.1 Å². The van der Waals surface area contributed by atoms with Crippen molar-refractivity contribution in [1.82, 2.24) is 0 Å². The van der Waals surface area contributed by atoms with Crippen LogP contribution in [0.3, 0.4) is 0 Å². The number of anilines is 1. The normalized spacial score (nSPS) is 19.9. The summed E-state index contributed by atoms with van der Waals surface area (Å²) < 4.78 is 0. The van der Waals surface area contributed by atoms with Crippen LogP contribution in [0.1, 0.15) is 12.5 Å². The highest BCUT2D eigenvalue weighted by atomic mass is 16.1. The minimum atomic E-state index is -0.453. The second-order valence-electron chi connectivity index (χ2n) is 4.05. The van der Waals surface area contributed by atoms with E-state index in [1.54, 1.807) is 0 Å². The predicted octanol–water partition coefficient (Wildman–Crippen LogP) is 1.78.